The highest BCUT2D eigenvalue weighted by molar-refractivity contribution is 7.12. The summed E-state index contributed by atoms with van der Waals surface area (Å²) in [7, 11) is 0. The normalized spacial score (nSPS) is 13.8. The standard InChI is InChI=1S/C15H10N2OS/c1-2-10-5-6-12-11(8-10)15(13-4-3-7-19-13)16-9-14(18)17-12/h1,3-8H,9H2,(H,17,18). The first-order chi connectivity index (χ1) is 9.28. The molecule has 0 atom stereocenters. The number of fused-ring (bicyclic) bond motifs is 1. The number of anilines is 1. The van der Waals surface area contributed by atoms with Crippen LogP contribution in [0.1, 0.15) is 16.0 Å². The van der Waals surface area contributed by atoms with Crippen molar-refractivity contribution in [1.82, 2.24) is 0 Å². The molecule has 4 heteroatoms. The highest BCUT2D eigenvalue weighted by Crippen LogP contribution is 2.25. The van der Waals surface area contributed by atoms with Crippen molar-refractivity contribution in [2.24, 2.45) is 4.99 Å². The van der Waals surface area contributed by atoms with Crippen LogP contribution in [0.15, 0.2) is 40.7 Å². The van der Waals surface area contributed by atoms with E-state index < -0.39 is 0 Å². The Morgan fingerprint density at radius 3 is 3.00 bits per heavy atom. The molecule has 0 fully saturated rings. The lowest BCUT2D eigenvalue weighted by molar-refractivity contribution is -0.114. The van der Waals surface area contributed by atoms with Crippen molar-refractivity contribution in [3.63, 3.8) is 0 Å². The van der Waals surface area contributed by atoms with Gasteiger partial charge in [0.25, 0.3) is 0 Å². The topological polar surface area (TPSA) is 41.5 Å². The number of benzene rings is 1. The van der Waals surface area contributed by atoms with Crippen LogP contribution >= 0.6 is 11.3 Å². The first kappa shape index (κ1) is 11.7. The molecular weight excluding hydrogens is 256 g/mol. The van der Waals surface area contributed by atoms with Crippen LogP contribution in [0.4, 0.5) is 5.69 Å². The highest BCUT2D eigenvalue weighted by Gasteiger charge is 2.18. The number of thiophene rings is 1. The molecular formula is C15H10N2OS. The number of hydrogen-bond donors (Lipinski definition) is 1. The molecule has 19 heavy (non-hydrogen) atoms. The first-order valence-corrected chi connectivity index (χ1v) is 6.65. The maximum absolute atomic E-state index is 11.7. The molecule has 0 radical (unpaired) electrons. The van der Waals surface area contributed by atoms with Crippen molar-refractivity contribution >= 4 is 28.6 Å². The van der Waals surface area contributed by atoms with E-state index in [4.69, 9.17) is 6.42 Å². The van der Waals surface area contributed by atoms with Crippen LogP contribution in [0.5, 0.6) is 0 Å². The number of nitrogens with zero attached hydrogens (tertiary/aromatic N) is 1. The molecule has 0 bridgehead atoms. The molecule has 1 aliphatic rings. The third kappa shape index (κ3) is 2.16. The fraction of sp³-hybridized carbons (Fsp3) is 0.0667. The van der Waals surface area contributed by atoms with Crippen LogP contribution in [0.2, 0.25) is 0 Å². The summed E-state index contributed by atoms with van der Waals surface area (Å²) >= 11 is 1.60. The Labute approximate surface area is 115 Å². The Balaban J connectivity index is 2.21. The smallest absolute Gasteiger partial charge is 0.246 e. The van der Waals surface area contributed by atoms with Gasteiger partial charge < -0.3 is 5.32 Å². The van der Waals surface area contributed by atoms with Crippen molar-refractivity contribution in [3.8, 4) is 12.3 Å². The fourth-order valence-electron chi connectivity index (χ4n) is 1.99. The molecule has 1 N–H and O–H groups in total. The molecule has 0 spiro atoms. The van der Waals surface area contributed by atoms with E-state index in [0.29, 0.717) is 0 Å². The van der Waals surface area contributed by atoms with Gasteiger partial charge in [0, 0.05) is 11.1 Å². The van der Waals surface area contributed by atoms with E-state index >= 15 is 0 Å². The Kier molecular flexibility index (Phi) is 2.90. The van der Waals surface area contributed by atoms with E-state index in [9.17, 15) is 4.79 Å². The van der Waals surface area contributed by atoms with Gasteiger partial charge in [-0.1, -0.05) is 12.0 Å². The second-order valence-electron chi connectivity index (χ2n) is 4.10. The van der Waals surface area contributed by atoms with E-state index in [-0.39, 0.29) is 12.5 Å². The van der Waals surface area contributed by atoms with Gasteiger partial charge in [-0.25, -0.2) is 0 Å². The number of rotatable bonds is 1. The van der Waals surface area contributed by atoms with E-state index in [0.717, 1.165) is 27.4 Å². The number of nitrogens with one attached hydrogen (secondary N) is 1. The molecule has 1 aliphatic heterocycles. The van der Waals surface area contributed by atoms with Crippen LogP contribution in [0.25, 0.3) is 0 Å². The molecule has 1 amide bonds. The van der Waals surface area contributed by atoms with Crippen molar-refractivity contribution in [3.05, 3.63) is 51.7 Å². The number of terminal acetylenes is 1. The molecule has 92 valence electrons. The number of carbonyl (C=O) groups excluding carboxylic acids is 1. The SMILES string of the molecule is C#Cc1ccc2c(c1)C(c1cccs1)=NCC(=O)N2. The molecule has 0 saturated heterocycles. The molecule has 0 saturated carbocycles. The summed E-state index contributed by atoms with van der Waals surface area (Å²) in [6.07, 6.45) is 5.44. The Morgan fingerprint density at radius 1 is 1.37 bits per heavy atom. The quantitative estimate of drug-likeness (QED) is 0.792. The average Bonchev–Trinajstić information content (AvgIpc) is 2.89. The van der Waals surface area contributed by atoms with Gasteiger partial charge in [0.15, 0.2) is 0 Å². The molecule has 3 rings (SSSR count). The predicted octanol–water partition coefficient (Wildman–Crippen LogP) is 2.52. The molecule has 2 heterocycles. The number of hydrogen-bond acceptors (Lipinski definition) is 3. The van der Waals surface area contributed by atoms with Gasteiger partial charge in [0.05, 0.1) is 16.3 Å². The minimum atomic E-state index is -0.110. The zero-order valence-corrected chi connectivity index (χ0v) is 10.8. The second kappa shape index (κ2) is 4.71. The van der Waals surface area contributed by atoms with Gasteiger partial charge >= 0.3 is 0 Å². The van der Waals surface area contributed by atoms with Crippen molar-refractivity contribution < 1.29 is 4.79 Å². The van der Waals surface area contributed by atoms with E-state index in [2.05, 4.69) is 16.2 Å². The first-order valence-electron chi connectivity index (χ1n) is 5.77. The van der Waals surface area contributed by atoms with E-state index in [1.165, 1.54) is 0 Å². The maximum atomic E-state index is 11.7. The minimum Gasteiger partial charge on any atom is -0.324 e. The zero-order valence-electron chi connectivity index (χ0n) is 10.0. The highest BCUT2D eigenvalue weighted by atomic mass is 32.1. The van der Waals surface area contributed by atoms with Crippen LogP contribution in [0.3, 0.4) is 0 Å². The lowest BCUT2D eigenvalue weighted by atomic mass is 10.0. The van der Waals surface area contributed by atoms with Gasteiger partial charge in [-0.15, -0.1) is 17.8 Å². The Morgan fingerprint density at radius 2 is 2.26 bits per heavy atom. The predicted molar refractivity (Wildman–Crippen MR) is 77.8 cm³/mol. The second-order valence-corrected chi connectivity index (χ2v) is 5.04. The third-order valence-corrected chi connectivity index (χ3v) is 3.73. The third-order valence-electron chi connectivity index (χ3n) is 2.85. The number of carbonyl (C=O) groups is 1. The molecule has 0 aliphatic carbocycles. The maximum Gasteiger partial charge on any atom is 0.246 e. The Hall–Kier alpha value is -2.38. The minimum absolute atomic E-state index is 0.110. The zero-order chi connectivity index (χ0) is 13.2. The number of aliphatic imine (C=N–C) groups is 1. The number of benzodiazepines with no additional fused rings is 1. The van der Waals surface area contributed by atoms with Gasteiger partial charge in [0.1, 0.15) is 6.54 Å². The van der Waals surface area contributed by atoms with Crippen molar-refractivity contribution in [2.75, 3.05) is 11.9 Å². The van der Waals surface area contributed by atoms with Gasteiger partial charge in [-0.05, 0) is 29.6 Å². The van der Waals surface area contributed by atoms with E-state index in [1.54, 1.807) is 11.3 Å². The molecule has 2 aromatic rings. The van der Waals surface area contributed by atoms with Gasteiger partial charge in [0.2, 0.25) is 5.91 Å². The lowest BCUT2D eigenvalue weighted by Gasteiger charge is -2.09. The molecule has 3 nitrogen and oxygen atoms in total. The average molecular weight is 266 g/mol. The van der Waals surface area contributed by atoms with Crippen molar-refractivity contribution in [2.45, 2.75) is 0 Å². The number of amides is 1. The van der Waals surface area contributed by atoms with Crippen LogP contribution in [0, 0.1) is 12.3 Å². The van der Waals surface area contributed by atoms with Gasteiger partial charge in [-0.2, -0.15) is 0 Å². The van der Waals surface area contributed by atoms with Crippen LogP contribution in [-0.2, 0) is 4.79 Å². The summed E-state index contributed by atoms with van der Waals surface area (Å²) in [5, 5.41) is 4.84. The molecule has 1 aromatic carbocycles. The largest absolute Gasteiger partial charge is 0.324 e. The molecule has 0 unspecified atom stereocenters. The van der Waals surface area contributed by atoms with Crippen LogP contribution in [-0.4, -0.2) is 18.2 Å². The van der Waals surface area contributed by atoms with Crippen molar-refractivity contribution in [1.29, 1.82) is 0 Å². The lowest BCUT2D eigenvalue weighted by Crippen LogP contribution is -2.13. The van der Waals surface area contributed by atoms with Gasteiger partial charge in [-0.3, -0.25) is 9.79 Å². The van der Waals surface area contributed by atoms with E-state index in [1.807, 2.05) is 35.7 Å². The summed E-state index contributed by atoms with van der Waals surface area (Å²) in [6, 6.07) is 9.49. The summed E-state index contributed by atoms with van der Waals surface area (Å²) in [5.74, 6) is 2.50. The fourth-order valence-corrected chi connectivity index (χ4v) is 2.74. The summed E-state index contributed by atoms with van der Waals surface area (Å²) in [5.41, 5.74) is 3.23. The molecule has 1 aromatic heterocycles. The monoisotopic (exact) mass is 266 g/mol. The Bertz CT molecular complexity index is 708. The van der Waals surface area contributed by atoms with Crippen LogP contribution < -0.4 is 5.32 Å². The summed E-state index contributed by atoms with van der Waals surface area (Å²) < 4.78 is 0. The summed E-state index contributed by atoms with van der Waals surface area (Å²) in [4.78, 5) is 17.1. The summed E-state index contributed by atoms with van der Waals surface area (Å²) in [6.45, 7) is 0.132.